The molecule has 0 spiro atoms. The highest BCUT2D eigenvalue weighted by Gasteiger charge is 2.21. The highest BCUT2D eigenvalue weighted by atomic mass is 32.1. The maximum absolute atomic E-state index is 12.0. The Hall–Kier alpha value is -2.99. The second-order valence-corrected chi connectivity index (χ2v) is 8.72. The van der Waals surface area contributed by atoms with Crippen LogP contribution in [-0.4, -0.2) is 36.1 Å². The molecule has 152 valence electrons. The van der Waals surface area contributed by atoms with E-state index < -0.39 is 0 Å². The molecule has 3 heterocycles. The van der Waals surface area contributed by atoms with E-state index in [2.05, 4.69) is 35.2 Å². The summed E-state index contributed by atoms with van der Waals surface area (Å²) in [4.78, 5) is 25.5. The predicted molar refractivity (Wildman–Crippen MR) is 122 cm³/mol. The number of aromatic nitrogens is 2. The van der Waals surface area contributed by atoms with Gasteiger partial charge in [0, 0.05) is 17.8 Å². The Bertz CT molecular complexity index is 1190. The van der Waals surface area contributed by atoms with Crippen molar-refractivity contribution in [1.82, 2.24) is 9.97 Å². The largest absolute Gasteiger partial charge is 0.465 e. The fraction of sp³-hybridized carbons (Fsp3) is 0.292. The Balaban J connectivity index is 1.70. The molecule has 6 heteroatoms. The van der Waals surface area contributed by atoms with Gasteiger partial charge in [-0.3, -0.25) is 0 Å². The first kappa shape index (κ1) is 19.0. The number of carbonyl (C=O) groups is 1. The summed E-state index contributed by atoms with van der Waals surface area (Å²) in [6.45, 7) is 1.96. The molecule has 30 heavy (non-hydrogen) atoms. The Labute approximate surface area is 179 Å². The lowest BCUT2D eigenvalue weighted by Gasteiger charge is -2.23. The van der Waals surface area contributed by atoms with E-state index in [0.717, 1.165) is 53.4 Å². The molecule has 2 aromatic carbocycles. The molecule has 2 aromatic heterocycles. The van der Waals surface area contributed by atoms with E-state index >= 15 is 0 Å². The molecule has 1 fully saturated rings. The third-order valence-corrected chi connectivity index (χ3v) is 6.75. The van der Waals surface area contributed by atoms with Crippen molar-refractivity contribution < 1.29 is 9.53 Å². The van der Waals surface area contributed by atoms with Crippen LogP contribution in [0.2, 0.25) is 0 Å². The number of ether oxygens (including phenoxy) is 1. The molecule has 5 rings (SSSR count). The van der Waals surface area contributed by atoms with Gasteiger partial charge in [-0.2, -0.15) is 0 Å². The minimum absolute atomic E-state index is 0.358. The van der Waals surface area contributed by atoms with E-state index in [9.17, 15) is 4.79 Å². The molecular weight excluding hydrogens is 394 g/mol. The Morgan fingerprint density at radius 2 is 1.77 bits per heavy atom. The number of carbonyl (C=O) groups excluding carboxylic acids is 1. The number of methoxy groups -OCH3 is 1. The molecule has 0 radical (unpaired) electrons. The van der Waals surface area contributed by atoms with E-state index in [1.54, 1.807) is 23.5 Å². The van der Waals surface area contributed by atoms with E-state index in [1.807, 2.05) is 6.07 Å². The van der Waals surface area contributed by atoms with Crippen LogP contribution < -0.4 is 4.90 Å². The summed E-state index contributed by atoms with van der Waals surface area (Å²) in [5.74, 6) is 0.557. The van der Waals surface area contributed by atoms with E-state index in [-0.39, 0.29) is 5.97 Å². The number of hydrogen-bond acceptors (Lipinski definition) is 6. The smallest absolute Gasteiger partial charge is 0.337 e. The molecular formula is C24H23N3O2S. The number of fused-ring (bicyclic) bond motifs is 2. The highest BCUT2D eigenvalue weighted by Crippen LogP contribution is 2.38. The third kappa shape index (κ3) is 3.52. The van der Waals surface area contributed by atoms with E-state index in [4.69, 9.17) is 14.7 Å². The second kappa shape index (κ2) is 8.03. The lowest BCUT2D eigenvalue weighted by molar-refractivity contribution is 0.0601. The maximum Gasteiger partial charge on any atom is 0.337 e. The zero-order valence-electron chi connectivity index (χ0n) is 16.9. The summed E-state index contributed by atoms with van der Waals surface area (Å²) in [5, 5.41) is 1.22. The van der Waals surface area contributed by atoms with Gasteiger partial charge in [0.05, 0.1) is 28.6 Å². The summed E-state index contributed by atoms with van der Waals surface area (Å²) in [6, 6.07) is 16.0. The van der Waals surface area contributed by atoms with Crippen LogP contribution in [0.25, 0.3) is 31.7 Å². The van der Waals surface area contributed by atoms with Crippen molar-refractivity contribution in [2.24, 2.45) is 0 Å². The Morgan fingerprint density at radius 3 is 2.53 bits per heavy atom. The molecule has 0 atom stereocenters. The van der Waals surface area contributed by atoms with Crippen molar-refractivity contribution >= 4 is 44.2 Å². The van der Waals surface area contributed by atoms with Gasteiger partial charge in [-0.15, -0.1) is 11.3 Å². The van der Waals surface area contributed by atoms with Crippen molar-refractivity contribution in [2.75, 3.05) is 25.1 Å². The van der Waals surface area contributed by atoms with Crippen LogP contribution in [0.3, 0.4) is 0 Å². The topological polar surface area (TPSA) is 55.3 Å². The van der Waals surface area contributed by atoms with Gasteiger partial charge in [0.2, 0.25) is 0 Å². The molecule has 1 aliphatic heterocycles. The number of esters is 1. The lowest BCUT2D eigenvalue weighted by atomic mass is 10.1. The molecule has 0 unspecified atom stereocenters. The number of hydrogen-bond donors (Lipinski definition) is 0. The minimum atomic E-state index is -0.358. The van der Waals surface area contributed by atoms with Crippen LogP contribution in [-0.2, 0) is 4.74 Å². The van der Waals surface area contributed by atoms with Gasteiger partial charge in [-0.1, -0.05) is 31.0 Å². The molecule has 0 bridgehead atoms. The normalized spacial score (nSPS) is 14.8. The van der Waals surface area contributed by atoms with Crippen LogP contribution in [0.4, 0.5) is 5.82 Å². The van der Waals surface area contributed by atoms with Gasteiger partial charge < -0.3 is 9.64 Å². The number of nitrogens with zero attached hydrogens (tertiary/aromatic N) is 3. The SMILES string of the molecule is COC(=O)c1ccc2nc(-c3cc4ccccc4s3)c(N3CCCCCC3)nc2c1. The van der Waals surface area contributed by atoms with Crippen molar-refractivity contribution in [3.8, 4) is 10.6 Å². The molecule has 5 nitrogen and oxygen atoms in total. The first-order valence-electron chi connectivity index (χ1n) is 10.4. The van der Waals surface area contributed by atoms with Gasteiger partial charge in [0.15, 0.2) is 5.82 Å². The van der Waals surface area contributed by atoms with Gasteiger partial charge >= 0.3 is 5.97 Å². The molecule has 0 amide bonds. The molecule has 0 N–H and O–H groups in total. The zero-order valence-corrected chi connectivity index (χ0v) is 17.7. The zero-order chi connectivity index (χ0) is 20.5. The summed E-state index contributed by atoms with van der Waals surface area (Å²) < 4.78 is 6.13. The van der Waals surface area contributed by atoms with Crippen molar-refractivity contribution in [2.45, 2.75) is 25.7 Å². The molecule has 0 aliphatic carbocycles. The quantitative estimate of drug-likeness (QED) is 0.402. The van der Waals surface area contributed by atoms with E-state index in [1.165, 1.54) is 30.0 Å². The lowest BCUT2D eigenvalue weighted by Crippen LogP contribution is -2.26. The first-order chi connectivity index (χ1) is 14.7. The van der Waals surface area contributed by atoms with Gasteiger partial charge in [0.25, 0.3) is 0 Å². The standard InChI is InChI=1S/C24H23N3O2S/c1-29-24(28)17-10-11-18-19(14-17)26-23(27-12-6-2-3-7-13-27)22(25-18)21-15-16-8-4-5-9-20(16)30-21/h4-5,8-11,14-15H,2-3,6-7,12-13H2,1H3. The number of benzene rings is 2. The Kier molecular flexibility index (Phi) is 5.09. The molecule has 4 aromatic rings. The van der Waals surface area contributed by atoms with Crippen LogP contribution in [0, 0.1) is 0 Å². The van der Waals surface area contributed by atoms with Crippen LogP contribution in [0.15, 0.2) is 48.5 Å². The van der Waals surface area contributed by atoms with Gasteiger partial charge in [-0.05, 0) is 48.6 Å². The van der Waals surface area contributed by atoms with Crippen molar-refractivity contribution in [3.05, 3.63) is 54.1 Å². The summed E-state index contributed by atoms with van der Waals surface area (Å²) in [7, 11) is 1.39. The summed E-state index contributed by atoms with van der Waals surface area (Å²) >= 11 is 1.75. The monoisotopic (exact) mass is 417 g/mol. The van der Waals surface area contributed by atoms with Crippen LogP contribution in [0.5, 0.6) is 0 Å². The number of rotatable bonds is 3. The number of thiophene rings is 1. The second-order valence-electron chi connectivity index (χ2n) is 7.64. The molecule has 1 saturated heterocycles. The Morgan fingerprint density at radius 1 is 0.967 bits per heavy atom. The average Bonchev–Trinajstić information content (AvgIpc) is 3.03. The minimum Gasteiger partial charge on any atom is -0.465 e. The predicted octanol–water partition coefficient (Wildman–Crippen LogP) is 5.68. The first-order valence-corrected chi connectivity index (χ1v) is 11.2. The molecule has 0 saturated carbocycles. The van der Waals surface area contributed by atoms with Gasteiger partial charge in [0.1, 0.15) is 5.69 Å². The average molecular weight is 418 g/mol. The van der Waals surface area contributed by atoms with Crippen molar-refractivity contribution in [1.29, 1.82) is 0 Å². The van der Waals surface area contributed by atoms with Crippen molar-refractivity contribution in [3.63, 3.8) is 0 Å². The van der Waals surface area contributed by atoms with E-state index in [0.29, 0.717) is 5.56 Å². The van der Waals surface area contributed by atoms with Crippen LogP contribution in [0.1, 0.15) is 36.0 Å². The summed E-state index contributed by atoms with van der Waals surface area (Å²) in [5.41, 5.74) is 2.93. The third-order valence-electron chi connectivity index (χ3n) is 5.63. The summed E-state index contributed by atoms with van der Waals surface area (Å²) in [6.07, 6.45) is 4.83. The highest BCUT2D eigenvalue weighted by molar-refractivity contribution is 7.22. The fourth-order valence-corrected chi connectivity index (χ4v) is 5.10. The van der Waals surface area contributed by atoms with Gasteiger partial charge in [-0.25, -0.2) is 14.8 Å². The number of anilines is 1. The van der Waals surface area contributed by atoms with Crippen LogP contribution >= 0.6 is 11.3 Å². The molecule has 1 aliphatic rings. The maximum atomic E-state index is 12.0. The fourth-order valence-electron chi connectivity index (χ4n) is 4.06.